The lowest BCUT2D eigenvalue weighted by Crippen LogP contribution is -2.23. The van der Waals surface area contributed by atoms with Crippen LogP contribution >= 0.6 is 11.8 Å². The van der Waals surface area contributed by atoms with Crippen LogP contribution in [0, 0.1) is 0 Å². The maximum absolute atomic E-state index is 5.53. The number of nitrogens with one attached hydrogen (secondary N) is 1. The standard InChI is InChI=1S/C17H21NOS/c1-19-17-9-8-13-5-2-3-7-15(13)16(17)12-18-11-14-6-4-10-20-14/h2-3,5,7-9,14,18H,4,6,10-12H2,1H3. The zero-order valence-corrected chi connectivity index (χ0v) is 12.7. The molecule has 0 amide bonds. The molecule has 2 aromatic rings. The third-order valence-corrected chi connectivity index (χ3v) is 5.31. The van der Waals surface area contributed by atoms with E-state index >= 15 is 0 Å². The number of hydrogen-bond acceptors (Lipinski definition) is 3. The molecule has 0 aliphatic carbocycles. The first kappa shape index (κ1) is 13.8. The van der Waals surface area contributed by atoms with Crippen LogP contribution in [0.5, 0.6) is 5.75 Å². The van der Waals surface area contributed by atoms with Crippen LogP contribution in [0.25, 0.3) is 10.8 Å². The van der Waals surface area contributed by atoms with Crippen LogP contribution in [0.2, 0.25) is 0 Å². The van der Waals surface area contributed by atoms with Gasteiger partial charge in [0.2, 0.25) is 0 Å². The molecule has 1 fully saturated rings. The minimum absolute atomic E-state index is 0.788. The molecule has 2 aromatic carbocycles. The van der Waals surface area contributed by atoms with E-state index < -0.39 is 0 Å². The second-order valence-electron chi connectivity index (χ2n) is 5.23. The van der Waals surface area contributed by atoms with Gasteiger partial charge in [0, 0.05) is 23.9 Å². The maximum Gasteiger partial charge on any atom is 0.123 e. The molecule has 20 heavy (non-hydrogen) atoms. The highest BCUT2D eigenvalue weighted by Crippen LogP contribution is 2.29. The zero-order chi connectivity index (χ0) is 13.8. The van der Waals surface area contributed by atoms with Crippen molar-refractivity contribution in [3.63, 3.8) is 0 Å². The van der Waals surface area contributed by atoms with Crippen LogP contribution in [0.4, 0.5) is 0 Å². The molecule has 2 nitrogen and oxygen atoms in total. The number of rotatable bonds is 5. The summed E-state index contributed by atoms with van der Waals surface area (Å²) in [6.45, 7) is 1.97. The van der Waals surface area contributed by atoms with E-state index in [0.717, 1.165) is 24.1 Å². The number of ether oxygens (including phenoxy) is 1. The molecule has 0 spiro atoms. The van der Waals surface area contributed by atoms with Gasteiger partial charge in [-0.05, 0) is 35.4 Å². The summed E-state index contributed by atoms with van der Waals surface area (Å²) in [7, 11) is 1.75. The molecule has 1 heterocycles. The molecule has 1 saturated heterocycles. The molecule has 1 unspecified atom stereocenters. The fourth-order valence-corrected chi connectivity index (χ4v) is 4.09. The molecular formula is C17H21NOS. The average Bonchev–Trinajstić information content (AvgIpc) is 3.00. The highest BCUT2D eigenvalue weighted by atomic mass is 32.2. The van der Waals surface area contributed by atoms with E-state index in [-0.39, 0.29) is 0 Å². The summed E-state index contributed by atoms with van der Waals surface area (Å²) in [5, 5.41) is 6.97. The fraction of sp³-hybridized carbons (Fsp3) is 0.412. The molecule has 0 bridgehead atoms. The maximum atomic E-state index is 5.53. The lowest BCUT2D eigenvalue weighted by molar-refractivity contribution is 0.408. The lowest BCUT2D eigenvalue weighted by atomic mass is 10.0. The van der Waals surface area contributed by atoms with Crippen molar-refractivity contribution in [2.45, 2.75) is 24.6 Å². The summed E-state index contributed by atoms with van der Waals surface area (Å²) in [6.07, 6.45) is 2.72. The molecule has 106 valence electrons. The molecule has 1 atom stereocenters. The number of thioether (sulfide) groups is 1. The Bertz CT molecular complexity index is 578. The van der Waals surface area contributed by atoms with Gasteiger partial charge in [-0.2, -0.15) is 11.8 Å². The van der Waals surface area contributed by atoms with Crippen molar-refractivity contribution in [2.75, 3.05) is 19.4 Å². The summed E-state index contributed by atoms with van der Waals surface area (Å²) >= 11 is 2.10. The van der Waals surface area contributed by atoms with Crippen molar-refractivity contribution >= 4 is 22.5 Å². The van der Waals surface area contributed by atoms with E-state index in [1.807, 2.05) is 0 Å². The Labute approximate surface area is 124 Å². The Kier molecular flexibility index (Phi) is 4.48. The lowest BCUT2D eigenvalue weighted by Gasteiger charge is -2.14. The summed E-state index contributed by atoms with van der Waals surface area (Å²) in [5.41, 5.74) is 1.27. The SMILES string of the molecule is COc1ccc2ccccc2c1CNCC1CCCS1. The highest BCUT2D eigenvalue weighted by molar-refractivity contribution is 8.00. The number of fused-ring (bicyclic) bond motifs is 1. The quantitative estimate of drug-likeness (QED) is 0.903. The van der Waals surface area contributed by atoms with Gasteiger partial charge in [-0.1, -0.05) is 30.3 Å². The van der Waals surface area contributed by atoms with E-state index in [9.17, 15) is 0 Å². The van der Waals surface area contributed by atoms with E-state index in [4.69, 9.17) is 4.74 Å². The third-order valence-electron chi connectivity index (χ3n) is 3.92. The summed E-state index contributed by atoms with van der Waals surface area (Å²) in [6, 6.07) is 12.7. The van der Waals surface area contributed by atoms with Gasteiger partial charge in [0.25, 0.3) is 0 Å². The first-order valence-corrected chi connectivity index (χ1v) is 8.30. The summed E-state index contributed by atoms with van der Waals surface area (Å²) in [5.74, 6) is 2.31. The van der Waals surface area contributed by atoms with Crippen LogP contribution in [0.15, 0.2) is 36.4 Å². The van der Waals surface area contributed by atoms with Crippen molar-refractivity contribution in [3.05, 3.63) is 42.0 Å². The Morgan fingerprint density at radius 3 is 2.95 bits per heavy atom. The van der Waals surface area contributed by atoms with Gasteiger partial charge in [0.05, 0.1) is 7.11 Å². The van der Waals surface area contributed by atoms with Crippen LogP contribution < -0.4 is 10.1 Å². The van der Waals surface area contributed by atoms with Gasteiger partial charge >= 0.3 is 0 Å². The monoisotopic (exact) mass is 287 g/mol. The normalized spacial score (nSPS) is 18.6. The Hall–Kier alpha value is -1.19. The van der Waals surface area contributed by atoms with Crippen molar-refractivity contribution in [2.24, 2.45) is 0 Å². The van der Waals surface area contributed by atoms with E-state index in [1.54, 1.807) is 7.11 Å². The summed E-state index contributed by atoms with van der Waals surface area (Å²) < 4.78 is 5.53. The Morgan fingerprint density at radius 2 is 2.15 bits per heavy atom. The summed E-state index contributed by atoms with van der Waals surface area (Å²) in [4.78, 5) is 0. The van der Waals surface area contributed by atoms with E-state index in [0.29, 0.717) is 0 Å². The molecule has 1 aliphatic heterocycles. The number of hydrogen-bond donors (Lipinski definition) is 1. The molecule has 0 aromatic heterocycles. The van der Waals surface area contributed by atoms with Gasteiger partial charge in [-0.15, -0.1) is 0 Å². The molecule has 1 N–H and O–H groups in total. The van der Waals surface area contributed by atoms with Crippen molar-refractivity contribution in [3.8, 4) is 5.75 Å². The topological polar surface area (TPSA) is 21.3 Å². The highest BCUT2D eigenvalue weighted by Gasteiger charge is 2.15. The minimum Gasteiger partial charge on any atom is -0.496 e. The first-order chi connectivity index (χ1) is 9.88. The molecule has 3 rings (SSSR count). The molecule has 0 saturated carbocycles. The van der Waals surface area contributed by atoms with Gasteiger partial charge in [0.15, 0.2) is 0 Å². The van der Waals surface area contributed by atoms with Crippen molar-refractivity contribution in [1.29, 1.82) is 0 Å². The Morgan fingerprint density at radius 1 is 1.25 bits per heavy atom. The first-order valence-electron chi connectivity index (χ1n) is 7.25. The van der Waals surface area contributed by atoms with Crippen LogP contribution in [-0.2, 0) is 6.54 Å². The molecule has 0 radical (unpaired) electrons. The van der Waals surface area contributed by atoms with Gasteiger partial charge in [0.1, 0.15) is 5.75 Å². The molecular weight excluding hydrogens is 266 g/mol. The van der Waals surface area contributed by atoms with Gasteiger partial charge in [-0.25, -0.2) is 0 Å². The smallest absolute Gasteiger partial charge is 0.123 e. The minimum atomic E-state index is 0.788. The predicted octanol–water partition coefficient (Wildman–Crippen LogP) is 3.83. The number of benzene rings is 2. The van der Waals surface area contributed by atoms with Crippen LogP contribution in [0.1, 0.15) is 18.4 Å². The predicted molar refractivity (Wildman–Crippen MR) is 87.7 cm³/mol. The van der Waals surface area contributed by atoms with Gasteiger partial charge < -0.3 is 10.1 Å². The fourth-order valence-electron chi connectivity index (χ4n) is 2.85. The van der Waals surface area contributed by atoms with Crippen molar-refractivity contribution < 1.29 is 4.74 Å². The van der Waals surface area contributed by atoms with Crippen LogP contribution in [-0.4, -0.2) is 24.7 Å². The second kappa shape index (κ2) is 6.51. The van der Waals surface area contributed by atoms with E-state index in [1.165, 1.54) is 34.9 Å². The van der Waals surface area contributed by atoms with E-state index in [2.05, 4.69) is 53.5 Å². The Balaban J connectivity index is 1.77. The number of methoxy groups -OCH3 is 1. The molecule has 3 heteroatoms. The van der Waals surface area contributed by atoms with Crippen LogP contribution in [0.3, 0.4) is 0 Å². The molecule has 1 aliphatic rings. The zero-order valence-electron chi connectivity index (χ0n) is 11.9. The third kappa shape index (κ3) is 2.94. The van der Waals surface area contributed by atoms with Crippen molar-refractivity contribution in [1.82, 2.24) is 5.32 Å². The second-order valence-corrected chi connectivity index (χ2v) is 6.64. The average molecular weight is 287 g/mol. The largest absolute Gasteiger partial charge is 0.496 e. The van der Waals surface area contributed by atoms with Gasteiger partial charge in [-0.3, -0.25) is 0 Å².